The number of hydrogen-bond donors (Lipinski definition) is 1. The molecule has 5 nitrogen and oxygen atoms in total. The summed E-state index contributed by atoms with van der Waals surface area (Å²) < 4.78 is 6.30. The number of para-hydroxylation sites is 1. The van der Waals surface area contributed by atoms with Crippen molar-refractivity contribution in [2.45, 2.75) is 13.8 Å². The number of benzene rings is 1. The Morgan fingerprint density at radius 3 is 2.72 bits per heavy atom. The number of esters is 1. The van der Waals surface area contributed by atoms with Gasteiger partial charge in [-0.05, 0) is 26.0 Å². The quantitative estimate of drug-likeness (QED) is 0.837. The lowest BCUT2D eigenvalue weighted by atomic mass is 10.2. The minimum absolute atomic E-state index is 0.204. The third-order valence-corrected chi connectivity index (χ3v) is 2.49. The zero-order valence-corrected chi connectivity index (χ0v) is 10.3. The molecule has 1 aromatic heterocycles. The Hall–Kier alpha value is -2.30. The maximum Gasteiger partial charge on any atom is 0.340 e. The van der Waals surface area contributed by atoms with Crippen LogP contribution in [0.25, 0.3) is 5.69 Å². The van der Waals surface area contributed by atoms with Crippen LogP contribution in [0.3, 0.4) is 0 Å². The van der Waals surface area contributed by atoms with Crippen LogP contribution in [0.15, 0.2) is 35.1 Å². The lowest BCUT2D eigenvalue weighted by molar-refractivity contribution is 0.0526. The molecule has 2 rings (SSSR count). The van der Waals surface area contributed by atoms with Crippen LogP contribution in [0.4, 0.5) is 0 Å². The molecule has 0 saturated heterocycles. The molecule has 0 bridgehead atoms. The maximum atomic E-state index is 11.8. The highest BCUT2D eigenvalue weighted by molar-refractivity contribution is 5.93. The Bertz CT molecular complexity index is 625. The number of ether oxygens (including phenoxy) is 1. The highest BCUT2D eigenvalue weighted by Crippen LogP contribution is 2.13. The highest BCUT2D eigenvalue weighted by atomic mass is 16.5. The van der Waals surface area contributed by atoms with Gasteiger partial charge in [0.05, 0.1) is 17.9 Å². The zero-order valence-electron chi connectivity index (χ0n) is 10.3. The van der Waals surface area contributed by atoms with Crippen molar-refractivity contribution in [3.8, 4) is 5.69 Å². The topological polar surface area (TPSA) is 64.1 Å². The lowest BCUT2D eigenvalue weighted by Gasteiger charge is -2.08. The van der Waals surface area contributed by atoms with Gasteiger partial charge in [0.15, 0.2) is 0 Å². The molecule has 0 aliphatic heterocycles. The molecule has 1 aromatic carbocycles. The second kappa shape index (κ2) is 4.91. The summed E-state index contributed by atoms with van der Waals surface area (Å²) in [7, 11) is 0. The average Bonchev–Trinajstić information content (AvgIpc) is 2.69. The van der Waals surface area contributed by atoms with E-state index in [1.165, 1.54) is 10.7 Å². The monoisotopic (exact) mass is 246 g/mol. The van der Waals surface area contributed by atoms with E-state index in [-0.39, 0.29) is 5.56 Å². The minimum Gasteiger partial charge on any atom is -0.462 e. The number of H-pyrrole nitrogens is 1. The minimum atomic E-state index is -0.438. The fourth-order valence-corrected chi connectivity index (χ4v) is 1.74. The van der Waals surface area contributed by atoms with Crippen LogP contribution in [-0.2, 0) is 4.74 Å². The summed E-state index contributed by atoms with van der Waals surface area (Å²) in [6, 6.07) is 8.30. The van der Waals surface area contributed by atoms with Crippen LogP contribution in [0.1, 0.15) is 23.0 Å². The molecule has 5 heteroatoms. The highest BCUT2D eigenvalue weighted by Gasteiger charge is 2.14. The molecule has 0 aliphatic rings. The first kappa shape index (κ1) is 12.2. The first-order valence-electron chi connectivity index (χ1n) is 5.68. The Kier molecular flexibility index (Phi) is 3.32. The number of nitrogens with one attached hydrogen (secondary N) is 1. The summed E-state index contributed by atoms with van der Waals surface area (Å²) in [6.07, 6.45) is 0. The van der Waals surface area contributed by atoms with Gasteiger partial charge in [-0.15, -0.1) is 0 Å². The van der Waals surface area contributed by atoms with Crippen LogP contribution in [0.2, 0.25) is 0 Å². The van der Waals surface area contributed by atoms with Crippen molar-refractivity contribution in [2.24, 2.45) is 0 Å². The fourth-order valence-electron chi connectivity index (χ4n) is 1.74. The van der Waals surface area contributed by atoms with Gasteiger partial charge in [0.2, 0.25) is 0 Å². The molecule has 0 saturated carbocycles. The van der Waals surface area contributed by atoms with Gasteiger partial charge < -0.3 is 4.74 Å². The molecular formula is C13H14N2O3. The molecule has 0 unspecified atom stereocenters. The summed E-state index contributed by atoms with van der Waals surface area (Å²) in [4.78, 5) is 23.6. The lowest BCUT2D eigenvalue weighted by Crippen LogP contribution is -2.18. The van der Waals surface area contributed by atoms with E-state index >= 15 is 0 Å². The fraction of sp³-hybridized carbons (Fsp3) is 0.231. The van der Waals surface area contributed by atoms with Gasteiger partial charge in [-0.2, -0.15) is 0 Å². The molecule has 2 aromatic rings. The summed E-state index contributed by atoms with van der Waals surface area (Å²) in [5.74, 6) is -0.438. The van der Waals surface area contributed by atoms with Crippen molar-refractivity contribution in [2.75, 3.05) is 6.61 Å². The Morgan fingerprint density at radius 2 is 2.11 bits per heavy atom. The molecular weight excluding hydrogens is 232 g/mol. The number of aromatic nitrogens is 2. The number of carbonyl (C=O) groups excluding carboxylic acids is 1. The number of carbonyl (C=O) groups is 1. The summed E-state index contributed by atoms with van der Waals surface area (Å²) >= 11 is 0. The summed E-state index contributed by atoms with van der Waals surface area (Å²) in [5.41, 5.74) is 1.39. The molecule has 0 atom stereocenters. The van der Waals surface area contributed by atoms with E-state index in [0.29, 0.717) is 17.9 Å². The van der Waals surface area contributed by atoms with Crippen LogP contribution in [0, 0.1) is 6.92 Å². The number of aryl methyl sites for hydroxylation is 1. The number of aromatic amines is 1. The SMILES string of the molecule is CCOC(=O)c1ccccc1-n1[nH]c(C)cc1=O. The van der Waals surface area contributed by atoms with Crippen LogP contribution in [0.5, 0.6) is 0 Å². The van der Waals surface area contributed by atoms with Gasteiger partial charge >= 0.3 is 5.97 Å². The van der Waals surface area contributed by atoms with E-state index in [2.05, 4.69) is 5.10 Å². The first-order chi connectivity index (χ1) is 8.63. The molecule has 94 valence electrons. The summed E-state index contributed by atoms with van der Waals surface area (Å²) in [6.45, 7) is 3.82. The van der Waals surface area contributed by atoms with Crippen molar-refractivity contribution in [3.05, 3.63) is 51.9 Å². The molecule has 0 radical (unpaired) electrons. The number of nitrogens with zero attached hydrogens (tertiary/aromatic N) is 1. The third-order valence-electron chi connectivity index (χ3n) is 2.49. The van der Waals surface area contributed by atoms with Gasteiger partial charge in [-0.25, -0.2) is 9.48 Å². The third kappa shape index (κ3) is 2.20. The van der Waals surface area contributed by atoms with Gasteiger partial charge in [0.25, 0.3) is 5.56 Å². The predicted octanol–water partition coefficient (Wildman–Crippen LogP) is 1.65. The van der Waals surface area contributed by atoms with Crippen molar-refractivity contribution in [3.63, 3.8) is 0 Å². The van der Waals surface area contributed by atoms with Gasteiger partial charge in [-0.3, -0.25) is 9.89 Å². The second-order valence-electron chi connectivity index (χ2n) is 3.85. The molecule has 0 fully saturated rings. The van der Waals surface area contributed by atoms with Gasteiger partial charge in [0.1, 0.15) is 0 Å². The van der Waals surface area contributed by atoms with Gasteiger partial charge in [0, 0.05) is 11.8 Å². The standard InChI is InChI=1S/C13H14N2O3/c1-3-18-13(17)10-6-4-5-7-11(10)15-12(16)8-9(2)14-15/h4-8,14H,3H2,1-2H3. The Labute approximate surface area is 104 Å². The van der Waals surface area contributed by atoms with Crippen molar-refractivity contribution >= 4 is 5.97 Å². The van der Waals surface area contributed by atoms with E-state index in [0.717, 1.165) is 5.69 Å². The van der Waals surface area contributed by atoms with Crippen molar-refractivity contribution in [1.82, 2.24) is 9.78 Å². The van der Waals surface area contributed by atoms with Crippen LogP contribution >= 0.6 is 0 Å². The molecule has 0 spiro atoms. The summed E-state index contributed by atoms with van der Waals surface area (Å²) in [5, 5.41) is 2.89. The van der Waals surface area contributed by atoms with E-state index < -0.39 is 5.97 Å². The molecule has 0 amide bonds. The largest absolute Gasteiger partial charge is 0.462 e. The smallest absolute Gasteiger partial charge is 0.340 e. The maximum absolute atomic E-state index is 11.8. The molecule has 0 aliphatic carbocycles. The Morgan fingerprint density at radius 1 is 1.39 bits per heavy atom. The normalized spacial score (nSPS) is 10.3. The first-order valence-corrected chi connectivity index (χ1v) is 5.68. The van der Waals surface area contributed by atoms with Gasteiger partial charge in [-0.1, -0.05) is 12.1 Å². The van der Waals surface area contributed by atoms with E-state index in [4.69, 9.17) is 4.74 Å². The molecule has 1 N–H and O–H groups in total. The van der Waals surface area contributed by atoms with Crippen LogP contribution < -0.4 is 5.56 Å². The van der Waals surface area contributed by atoms with E-state index in [1.54, 1.807) is 38.1 Å². The number of rotatable bonds is 3. The number of hydrogen-bond acceptors (Lipinski definition) is 3. The predicted molar refractivity (Wildman–Crippen MR) is 67.1 cm³/mol. The Balaban J connectivity index is 2.55. The van der Waals surface area contributed by atoms with Crippen molar-refractivity contribution < 1.29 is 9.53 Å². The second-order valence-corrected chi connectivity index (χ2v) is 3.85. The molecule has 1 heterocycles. The van der Waals surface area contributed by atoms with Crippen LogP contribution in [-0.4, -0.2) is 22.4 Å². The molecule has 18 heavy (non-hydrogen) atoms. The zero-order chi connectivity index (χ0) is 13.1. The van der Waals surface area contributed by atoms with E-state index in [1.807, 2.05) is 0 Å². The average molecular weight is 246 g/mol. The van der Waals surface area contributed by atoms with E-state index in [9.17, 15) is 9.59 Å². The van der Waals surface area contributed by atoms with Crippen molar-refractivity contribution in [1.29, 1.82) is 0 Å².